The third kappa shape index (κ3) is 3.64. The minimum absolute atomic E-state index is 0.143. The zero-order valence-corrected chi connectivity index (χ0v) is 14.8. The Morgan fingerprint density at radius 1 is 1.25 bits per heavy atom. The van der Waals surface area contributed by atoms with E-state index in [0.29, 0.717) is 23.4 Å². The van der Waals surface area contributed by atoms with E-state index in [1.54, 1.807) is 21.0 Å². The molecule has 1 unspecified atom stereocenters. The molecule has 1 amide bonds. The van der Waals surface area contributed by atoms with Gasteiger partial charge in [0.25, 0.3) is 5.91 Å². The summed E-state index contributed by atoms with van der Waals surface area (Å²) in [6.45, 7) is 5.73. The molecule has 2 N–H and O–H groups in total. The van der Waals surface area contributed by atoms with E-state index >= 15 is 0 Å². The van der Waals surface area contributed by atoms with Gasteiger partial charge in [0.2, 0.25) is 5.95 Å². The molecule has 24 heavy (non-hydrogen) atoms. The summed E-state index contributed by atoms with van der Waals surface area (Å²) in [5, 5.41) is 0. The number of rotatable bonds is 5. The van der Waals surface area contributed by atoms with Crippen LogP contribution >= 0.6 is 0 Å². The van der Waals surface area contributed by atoms with Crippen LogP contribution in [0.5, 0.6) is 5.75 Å². The Morgan fingerprint density at radius 2 is 1.92 bits per heavy atom. The minimum Gasteiger partial charge on any atom is -0.484 e. The molecule has 128 valence electrons. The van der Waals surface area contributed by atoms with Gasteiger partial charge in [-0.15, -0.1) is 0 Å². The summed E-state index contributed by atoms with van der Waals surface area (Å²) in [5.41, 5.74) is 8.38. The maximum absolute atomic E-state index is 12.6. The average Bonchev–Trinajstić information content (AvgIpc) is 2.52. The van der Waals surface area contributed by atoms with Crippen LogP contribution in [0.3, 0.4) is 0 Å². The number of carbonyl (C=O) groups excluding carboxylic acids is 1. The standard InChI is InChI=1S/C18H24N4O2/c1-6-13(24-14-10-8-7-9-11(14)2)16-15(17(23)22(4)5)12(3)20-18(19)21-16/h7-10,13H,6H2,1-5H3,(H2,19,20,21). The number of carbonyl (C=O) groups is 1. The van der Waals surface area contributed by atoms with Gasteiger partial charge in [-0.3, -0.25) is 4.79 Å². The number of amides is 1. The first-order valence-electron chi connectivity index (χ1n) is 7.93. The van der Waals surface area contributed by atoms with E-state index in [2.05, 4.69) is 9.97 Å². The van der Waals surface area contributed by atoms with Crippen LogP contribution in [-0.2, 0) is 0 Å². The summed E-state index contributed by atoms with van der Waals surface area (Å²) in [6, 6.07) is 7.76. The van der Waals surface area contributed by atoms with Gasteiger partial charge >= 0.3 is 0 Å². The Labute approximate surface area is 142 Å². The number of para-hydroxylation sites is 1. The molecule has 0 bridgehead atoms. The molecule has 0 fully saturated rings. The molecular formula is C18H24N4O2. The summed E-state index contributed by atoms with van der Waals surface area (Å²) in [4.78, 5) is 22.6. The van der Waals surface area contributed by atoms with Crippen molar-refractivity contribution in [3.63, 3.8) is 0 Å². The lowest BCUT2D eigenvalue weighted by atomic mass is 10.0. The van der Waals surface area contributed by atoms with Gasteiger partial charge in [0, 0.05) is 14.1 Å². The third-order valence-electron chi connectivity index (χ3n) is 3.79. The van der Waals surface area contributed by atoms with E-state index in [1.165, 1.54) is 4.90 Å². The van der Waals surface area contributed by atoms with Crippen LogP contribution < -0.4 is 10.5 Å². The van der Waals surface area contributed by atoms with Crippen molar-refractivity contribution in [2.75, 3.05) is 19.8 Å². The van der Waals surface area contributed by atoms with Gasteiger partial charge in [0.05, 0.1) is 17.0 Å². The number of ether oxygens (including phenoxy) is 1. The Balaban J connectivity index is 2.51. The number of hydrogen-bond donors (Lipinski definition) is 1. The van der Waals surface area contributed by atoms with Crippen LogP contribution in [0.25, 0.3) is 0 Å². The first kappa shape index (κ1) is 17.7. The minimum atomic E-state index is -0.381. The molecule has 2 aromatic rings. The molecule has 2 rings (SSSR count). The highest BCUT2D eigenvalue weighted by atomic mass is 16.5. The summed E-state index contributed by atoms with van der Waals surface area (Å²) in [5.74, 6) is 0.751. The Hall–Kier alpha value is -2.63. The summed E-state index contributed by atoms with van der Waals surface area (Å²) < 4.78 is 6.14. The summed E-state index contributed by atoms with van der Waals surface area (Å²) in [7, 11) is 3.40. The highest BCUT2D eigenvalue weighted by Gasteiger charge is 2.26. The van der Waals surface area contributed by atoms with Crippen LogP contribution in [0.1, 0.15) is 46.8 Å². The largest absolute Gasteiger partial charge is 0.484 e. The fourth-order valence-corrected chi connectivity index (χ4v) is 2.51. The van der Waals surface area contributed by atoms with Gasteiger partial charge in [0.1, 0.15) is 11.9 Å². The van der Waals surface area contributed by atoms with Gasteiger partial charge in [0.15, 0.2) is 0 Å². The number of nitrogens with two attached hydrogens (primary N) is 1. The topological polar surface area (TPSA) is 81.3 Å². The maximum atomic E-state index is 12.6. The van der Waals surface area contributed by atoms with E-state index in [4.69, 9.17) is 10.5 Å². The van der Waals surface area contributed by atoms with Crippen LogP contribution in [0.15, 0.2) is 24.3 Å². The van der Waals surface area contributed by atoms with E-state index < -0.39 is 0 Å². The van der Waals surface area contributed by atoms with E-state index in [9.17, 15) is 4.79 Å². The second kappa shape index (κ2) is 7.29. The van der Waals surface area contributed by atoms with E-state index in [1.807, 2.05) is 38.1 Å². The molecule has 0 saturated heterocycles. The van der Waals surface area contributed by atoms with Gasteiger partial charge in [-0.2, -0.15) is 0 Å². The first-order chi connectivity index (χ1) is 11.3. The highest BCUT2D eigenvalue weighted by molar-refractivity contribution is 5.96. The van der Waals surface area contributed by atoms with Crippen molar-refractivity contribution < 1.29 is 9.53 Å². The van der Waals surface area contributed by atoms with Crippen molar-refractivity contribution in [1.82, 2.24) is 14.9 Å². The van der Waals surface area contributed by atoms with Crippen molar-refractivity contribution in [3.8, 4) is 5.75 Å². The zero-order chi connectivity index (χ0) is 17.9. The molecule has 0 aliphatic carbocycles. The quantitative estimate of drug-likeness (QED) is 0.912. The third-order valence-corrected chi connectivity index (χ3v) is 3.79. The van der Waals surface area contributed by atoms with E-state index in [-0.39, 0.29) is 18.0 Å². The number of hydrogen-bond acceptors (Lipinski definition) is 5. The lowest BCUT2D eigenvalue weighted by Gasteiger charge is -2.23. The Kier molecular flexibility index (Phi) is 5.39. The first-order valence-corrected chi connectivity index (χ1v) is 7.93. The number of benzene rings is 1. The predicted molar refractivity (Wildman–Crippen MR) is 94.0 cm³/mol. The van der Waals surface area contributed by atoms with Crippen molar-refractivity contribution in [1.29, 1.82) is 0 Å². The molecule has 0 aliphatic rings. The number of anilines is 1. The fraction of sp³-hybridized carbons (Fsp3) is 0.389. The lowest BCUT2D eigenvalue weighted by molar-refractivity contribution is 0.0819. The Bertz CT molecular complexity index is 744. The van der Waals surface area contributed by atoms with Crippen LogP contribution in [0.4, 0.5) is 5.95 Å². The molecule has 1 aromatic carbocycles. The van der Waals surface area contributed by atoms with Crippen molar-refractivity contribution in [2.24, 2.45) is 0 Å². The molecule has 6 heteroatoms. The second-order valence-electron chi connectivity index (χ2n) is 5.91. The number of nitrogen functional groups attached to an aromatic ring is 1. The molecule has 1 aromatic heterocycles. The average molecular weight is 328 g/mol. The Morgan fingerprint density at radius 3 is 2.50 bits per heavy atom. The molecule has 6 nitrogen and oxygen atoms in total. The molecule has 1 heterocycles. The summed E-state index contributed by atoms with van der Waals surface area (Å²) >= 11 is 0. The molecular weight excluding hydrogens is 304 g/mol. The number of nitrogens with zero attached hydrogens (tertiary/aromatic N) is 3. The van der Waals surface area contributed by atoms with Gasteiger partial charge in [-0.1, -0.05) is 25.1 Å². The van der Waals surface area contributed by atoms with Crippen LogP contribution in [0.2, 0.25) is 0 Å². The maximum Gasteiger partial charge on any atom is 0.257 e. The molecule has 0 saturated carbocycles. The smallest absolute Gasteiger partial charge is 0.257 e. The van der Waals surface area contributed by atoms with E-state index in [0.717, 1.165) is 11.3 Å². The molecule has 1 atom stereocenters. The molecule has 0 radical (unpaired) electrons. The van der Waals surface area contributed by atoms with Crippen molar-refractivity contribution >= 4 is 11.9 Å². The lowest BCUT2D eigenvalue weighted by Crippen LogP contribution is -2.27. The zero-order valence-electron chi connectivity index (χ0n) is 14.8. The van der Waals surface area contributed by atoms with Crippen molar-refractivity contribution in [3.05, 3.63) is 46.8 Å². The summed E-state index contributed by atoms with van der Waals surface area (Å²) in [6.07, 6.45) is 0.270. The SMILES string of the molecule is CCC(Oc1ccccc1C)c1nc(N)nc(C)c1C(=O)N(C)C. The van der Waals surface area contributed by atoms with Gasteiger partial charge < -0.3 is 15.4 Å². The predicted octanol–water partition coefficient (Wildman–Crippen LogP) is 2.91. The highest BCUT2D eigenvalue weighted by Crippen LogP contribution is 2.29. The van der Waals surface area contributed by atoms with Gasteiger partial charge in [-0.05, 0) is 31.9 Å². The van der Waals surface area contributed by atoms with Crippen molar-refractivity contribution in [2.45, 2.75) is 33.3 Å². The normalized spacial score (nSPS) is 11.9. The number of aromatic nitrogens is 2. The monoisotopic (exact) mass is 328 g/mol. The van der Waals surface area contributed by atoms with Gasteiger partial charge in [-0.25, -0.2) is 9.97 Å². The fourth-order valence-electron chi connectivity index (χ4n) is 2.51. The van der Waals surface area contributed by atoms with Crippen LogP contribution in [-0.4, -0.2) is 34.9 Å². The second-order valence-corrected chi connectivity index (χ2v) is 5.91. The van der Waals surface area contributed by atoms with Crippen LogP contribution in [0, 0.1) is 13.8 Å². The molecule has 0 aliphatic heterocycles. The molecule has 0 spiro atoms. The number of aryl methyl sites for hydroxylation is 2.